The summed E-state index contributed by atoms with van der Waals surface area (Å²) >= 11 is 6.08. The number of hydrogen-bond donors (Lipinski definition) is 1. The Morgan fingerprint density at radius 2 is 1.88 bits per heavy atom. The average molecular weight is 378 g/mol. The molecular weight excluding hydrogens is 358 g/mol. The van der Waals surface area contributed by atoms with Gasteiger partial charge in [0.1, 0.15) is 34.9 Å². The lowest BCUT2D eigenvalue weighted by Gasteiger charge is -2.33. The molecule has 1 aliphatic heterocycles. The van der Waals surface area contributed by atoms with Gasteiger partial charge in [-0.2, -0.15) is 0 Å². The molecular formula is C18H20ClN3O4. The van der Waals surface area contributed by atoms with Crippen LogP contribution in [0.3, 0.4) is 0 Å². The molecule has 1 aliphatic rings. The van der Waals surface area contributed by atoms with Gasteiger partial charge in [-0.05, 0) is 24.3 Å². The van der Waals surface area contributed by atoms with E-state index in [1.165, 1.54) is 6.33 Å². The first kappa shape index (κ1) is 18.3. The molecule has 138 valence electrons. The summed E-state index contributed by atoms with van der Waals surface area (Å²) in [7, 11) is 1.63. The van der Waals surface area contributed by atoms with E-state index in [1.54, 1.807) is 7.11 Å². The van der Waals surface area contributed by atoms with Gasteiger partial charge in [0, 0.05) is 31.5 Å². The van der Waals surface area contributed by atoms with Crippen molar-refractivity contribution in [1.29, 1.82) is 0 Å². The minimum absolute atomic E-state index is 0.0971. The molecule has 1 saturated heterocycles. The Bertz CT molecular complexity index is 762. The third kappa shape index (κ3) is 4.35. The van der Waals surface area contributed by atoms with Crippen LogP contribution < -0.4 is 14.4 Å². The summed E-state index contributed by atoms with van der Waals surface area (Å²) in [6.07, 6.45) is 2.88. The Morgan fingerprint density at radius 3 is 2.50 bits per heavy atom. The molecule has 1 N–H and O–H groups in total. The fraction of sp³-hybridized carbons (Fsp3) is 0.389. The van der Waals surface area contributed by atoms with Crippen molar-refractivity contribution in [3.05, 3.63) is 41.3 Å². The van der Waals surface area contributed by atoms with Gasteiger partial charge < -0.3 is 19.5 Å². The van der Waals surface area contributed by atoms with Gasteiger partial charge in [0.2, 0.25) is 0 Å². The molecule has 0 bridgehead atoms. The van der Waals surface area contributed by atoms with Crippen LogP contribution in [0.15, 0.2) is 30.6 Å². The lowest BCUT2D eigenvalue weighted by atomic mass is 10.1. The van der Waals surface area contributed by atoms with E-state index in [4.69, 9.17) is 26.2 Å². The molecule has 0 unspecified atom stereocenters. The van der Waals surface area contributed by atoms with Gasteiger partial charge in [-0.25, -0.2) is 9.97 Å². The van der Waals surface area contributed by atoms with Crippen LogP contribution >= 0.6 is 11.6 Å². The molecule has 0 spiro atoms. The number of aromatic nitrogens is 2. The normalized spacial score (nSPS) is 14.9. The maximum Gasteiger partial charge on any atom is 0.308 e. The topological polar surface area (TPSA) is 84.8 Å². The van der Waals surface area contributed by atoms with Crippen LogP contribution in [0.1, 0.15) is 18.4 Å². The molecule has 0 aliphatic carbocycles. The molecule has 0 radical (unpaired) electrons. The predicted octanol–water partition coefficient (Wildman–Crippen LogP) is 2.81. The summed E-state index contributed by atoms with van der Waals surface area (Å²) in [4.78, 5) is 21.3. The minimum Gasteiger partial charge on any atom is -0.497 e. The van der Waals surface area contributed by atoms with Gasteiger partial charge in [0.15, 0.2) is 0 Å². The molecule has 26 heavy (non-hydrogen) atoms. The summed E-state index contributed by atoms with van der Waals surface area (Å²) in [5, 5.41) is 9.28. The predicted molar refractivity (Wildman–Crippen MR) is 97.2 cm³/mol. The maximum atomic E-state index is 11.1. The van der Waals surface area contributed by atoms with Crippen molar-refractivity contribution >= 4 is 23.4 Å². The average Bonchev–Trinajstić information content (AvgIpc) is 2.64. The number of piperidine rings is 1. The SMILES string of the molecule is COc1ccc(OC2CCN(c3ncnc(Cl)c3CC(=O)O)CC2)cc1. The first-order chi connectivity index (χ1) is 12.6. The van der Waals surface area contributed by atoms with Crippen molar-refractivity contribution in [2.24, 2.45) is 0 Å². The number of ether oxygens (including phenoxy) is 2. The highest BCUT2D eigenvalue weighted by atomic mass is 35.5. The lowest BCUT2D eigenvalue weighted by Crippen LogP contribution is -2.39. The Morgan fingerprint density at radius 1 is 1.23 bits per heavy atom. The summed E-state index contributed by atoms with van der Waals surface area (Å²) in [6.45, 7) is 1.42. The first-order valence-corrected chi connectivity index (χ1v) is 8.71. The fourth-order valence-corrected chi connectivity index (χ4v) is 3.19. The van der Waals surface area contributed by atoms with E-state index in [1.807, 2.05) is 29.2 Å². The number of rotatable bonds is 6. The second-order valence-corrected chi connectivity index (χ2v) is 6.37. The Hall–Kier alpha value is -2.54. The van der Waals surface area contributed by atoms with Crippen LogP contribution in [0.25, 0.3) is 0 Å². The molecule has 2 aromatic rings. The van der Waals surface area contributed by atoms with Crippen molar-refractivity contribution in [3.63, 3.8) is 0 Å². The smallest absolute Gasteiger partial charge is 0.308 e. The van der Waals surface area contributed by atoms with Gasteiger partial charge in [-0.1, -0.05) is 11.6 Å². The Kier molecular flexibility index (Phi) is 5.78. The number of halogens is 1. The number of carbonyl (C=O) groups is 1. The highest BCUT2D eigenvalue weighted by Crippen LogP contribution is 2.28. The van der Waals surface area contributed by atoms with Crippen LogP contribution in [0.4, 0.5) is 5.82 Å². The van der Waals surface area contributed by atoms with Crippen LogP contribution in [0.2, 0.25) is 5.15 Å². The summed E-state index contributed by atoms with van der Waals surface area (Å²) in [6, 6.07) is 7.51. The molecule has 1 aromatic heterocycles. The number of benzene rings is 1. The van der Waals surface area contributed by atoms with Crippen molar-refractivity contribution in [3.8, 4) is 11.5 Å². The lowest BCUT2D eigenvalue weighted by molar-refractivity contribution is -0.136. The van der Waals surface area contributed by atoms with Gasteiger partial charge in [0.25, 0.3) is 0 Å². The zero-order chi connectivity index (χ0) is 18.5. The van der Waals surface area contributed by atoms with E-state index in [9.17, 15) is 4.79 Å². The maximum absolute atomic E-state index is 11.1. The van der Waals surface area contributed by atoms with Crippen molar-refractivity contribution in [2.75, 3.05) is 25.1 Å². The fourth-order valence-electron chi connectivity index (χ4n) is 2.99. The van der Waals surface area contributed by atoms with E-state index in [-0.39, 0.29) is 17.7 Å². The van der Waals surface area contributed by atoms with E-state index in [2.05, 4.69) is 9.97 Å². The second-order valence-electron chi connectivity index (χ2n) is 6.02. The molecule has 3 rings (SSSR count). The minimum atomic E-state index is -0.958. The van der Waals surface area contributed by atoms with Crippen molar-refractivity contribution in [2.45, 2.75) is 25.4 Å². The number of aliphatic carboxylic acids is 1. The molecule has 0 amide bonds. The first-order valence-electron chi connectivity index (χ1n) is 8.33. The zero-order valence-electron chi connectivity index (χ0n) is 14.4. The van der Waals surface area contributed by atoms with Crippen molar-refractivity contribution in [1.82, 2.24) is 9.97 Å². The Balaban J connectivity index is 1.63. The largest absolute Gasteiger partial charge is 0.497 e. The number of carboxylic acids is 1. The monoisotopic (exact) mass is 377 g/mol. The second kappa shape index (κ2) is 8.23. The molecule has 8 heteroatoms. The summed E-state index contributed by atoms with van der Waals surface area (Å²) in [5.41, 5.74) is 0.455. The number of carboxylic acid groups (broad SMARTS) is 1. The van der Waals surface area contributed by atoms with Crippen LogP contribution in [-0.4, -0.2) is 47.3 Å². The summed E-state index contributed by atoms with van der Waals surface area (Å²) < 4.78 is 11.2. The van der Waals surface area contributed by atoms with Crippen molar-refractivity contribution < 1.29 is 19.4 Å². The van der Waals surface area contributed by atoms with E-state index >= 15 is 0 Å². The van der Waals surface area contributed by atoms with E-state index in [0.29, 0.717) is 24.5 Å². The van der Waals surface area contributed by atoms with Crippen LogP contribution in [-0.2, 0) is 11.2 Å². The van der Waals surface area contributed by atoms with Crippen LogP contribution in [0, 0.1) is 0 Å². The molecule has 2 heterocycles. The number of anilines is 1. The number of hydrogen-bond acceptors (Lipinski definition) is 6. The van der Waals surface area contributed by atoms with Crippen LogP contribution in [0.5, 0.6) is 11.5 Å². The van der Waals surface area contributed by atoms with E-state index < -0.39 is 5.97 Å². The highest BCUT2D eigenvalue weighted by Gasteiger charge is 2.25. The molecule has 1 fully saturated rings. The quantitative estimate of drug-likeness (QED) is 0.775. The molecule has 1 aromatic carbocycles. The zero-order valence-corrected chi connectivity index (χ0v) is 15.1. The Labute approximate surface area is 156 Å². The molecule has 7 nitrogen and oxygen atoms in total. The third-order valence-electron chi connectivity index (χ3n) is 4.30. The van der Waals surface area contributed by atoms with Gasteiger partial charge in [-0.3, -0.25) is 4.79 Å². The molecule has 0 saturated carbocycles. The number of methoxy groups -OCH3 is 1. The third-order valence-corrected chi connectivity index (χ3v) is 4.63. The highest BCUT2D eigenvalue weighted by molar-refractivity contribution is 6.30. The summed E-state index contributed by atoms with van der Waals surface area (Å²) in [5.74, 6) is 1.23. The van der Waals surface area contributed by atoms with Gasteiger partial charge in [0.05, 0.1) is 13.5 Å². The number of nitrogens with zero attached hydrogens (tertiary/aromatic N) is 3. The van der Waals surface area contributed by atoms with Gasteiger partial charge in [-0.15, -0.1) is 0 Å². The molecule has 0 atom stereocenters. The van der Waals surface area contributed by atoms with E-state index in [0.717, 1.165) is 24.3 Å². The standard InChI is InChI=1S/C18H20ClN3O4/c1-25-12-2-4-13(5-3-12)26-14-6-8-22(9-7-14)18-15(10-16(23)24)17(19)20-11-21-18/h2-5,11,14H,6-10H2,1H3,(H,23,24). The van der Waals surface area contributed by atoms with Gasteiger partial charge >= 0.3 is 5.97 Å².